The van der Waals surface area contributed by atoms with Gasteiger partial charge in [-0.1, -0.05) is 0 Å². The van der Waals surface area contributed by atoms with Gasteiger partial charge in [-0.15, -0.1) is 0 Å². The van der Waals surface area contributed by atoms with Crippen molar-refractivity contribution in [2.45, 2.75) is 27.4 Å². The van der Waals surface area contributed by atoms with E-state index in [0.717, 1.165) is 0 Å². The van der Waals surface area contributed by atoms with E-state index in [4.69, 9.17) is 9.47 Å². The molecule has 0 bridgehead atoms. The van der Waals surface area contributed by atoms with Gasteiger partial charge in [-0.3, -0.25) is 9.78 Å². The zero-order chi connectivity index (χ0) is 16.8. The van der Waals surface area contributed by atoms with Crippen molar-refractivity contribution >= 4 is 11.8 Å². The number of carbonyl (C=O) groups is 2. The molecule has 23 heavy (non-hydrogen) atoms. The van der Waals surface area contributed by atoms with E-state index in [1.54, 1.807) is 25.1 Å². The summed E-state index contributed by atoms with van der Waals surface area (Å²) in [5.41, 5.74) is 2.02. The van der Waals surface area contributed by atoms with Gasteiger partial charge in [0.1, 0.15) is 12.4 Å². The summed E-state index contributed by atoms with van der Waals surface area (Å²) < 4.78 is 10.7. The zero-order valence-electron chi connectivity index (χ0n) is 13.3. The number of esters is 1. The molecule has 0 N–H and O–H groups in total. The molecule has 6 heteroatoms. The first-order chi connectivity index (χ1) is 11.0. The third-order valence-electron chi connectivity index (χ3n) is 3.12. The van der Waals surface area contributed by atoms with Crippen molar-refractivity contribution in [1.29, 1.82) is 0 Å². The second-order valence-corrected chi connectivity index (χ2v) is 4.93. The standard InChI is InChI=1S/C17H18N2O4/c1-4-22-16-6-5-13(12(3)20)7-14(16)10-23-17(21)15-9-18-11(2)8-19-15/h5-9H,4,10H2,1-3H3. The van der Waals surface area contributed by atoms with Crippen LogP contribution in [-0.4, -0.2) is 28.3 Å². The number of hydrogen-bond donors (Lipinski definition) is 0. The molecule has 6 nitrogen and oxygen atoms in total. The molecular formula is C17H18N2O4. The molecule has 2 aromatic rings. The lowest BCUT2D eigenvalue weighted by Gasteiger charge is -2.12. The van der Waals surface area contributed by atoms with Crippen molar-refractivity contribution in [1.82, 2.24) is 9.97 Å². The molecule has 1 heterocycles. The molecule has 0 atom stereocenters. The van der Waals surface area contributed by atoms with Crippen LogP contribution in [0.3, 0.4) is 0 Å². The van der Waals surface area contributed by atoms with Gasteiger partial charge >= 0.3 is 5.97 Å². The van der Waals surface area contributed by atoms with E-state index in [1.807, 2.05) is 6.92 Å². The average molecular weight is 314 g/mol. The summed E-state index contributed by atoms with van der Waals surface area (Å²) in [6, 6.07) is 5.06. The maximum Gasteiger partial charge on any atom is 0.358 e. The maximum atomic E-state index is 12.0. The number of rotatable bonds is 6. The Labute approximate surface area is 134 Å². The van der Waals surface area contributed by atoms with E-state index >= 15 is 0 Å². The average Bonchev–Trinajstić information content (AvgIpc) is 2.54. The molecule has 0 saturated heterocycles. The fourth-order valence-corrected chi connectivity index (χ4v) is 1.92. The molecule has 1 aromatic carbocycles. The van der Waals surface area contributed by atoms with Crippen LogP contribution in [0.4, 0.5) is 0 Å². The van der Waals surface area contributed by atoms with E-state index < -0.39 is 5.97 Å². The van der Waals surface area contributed by atoms with Gasteiger partial charge in [0.15, 0.2) is 11.5 Å². The summed E-state index contributed by atoms with van der Waals surface area (Å²) in [5, 5.41) is 0. The van der Waals surface area contributed by atoms with Crippen LogP contribution in [0.15, 0.2) is 30.6 Å². The van der Waals surface area contributed by atoms with E-state index in [0.29, 0.717) is 29.2 Å². The summed E-state index contributed by atoms with van der Waals surface area (Å²) in [6.45, 7) is 5.59. The number of aromatic nitrogens is 2. The van der Waals surface area contributed by atoms with Gasteiger partial charge in [-0.25, -0.2) is 9.78 Å². The number of Topliss-reactive ketones (excluding diaryl/α,β-unsaturated/α-hetero) is 1. The lowest BCUT2D eigenvalue weighted by Crippen LogP contribution is -2.09. The number of benzene rings is 1. The fraction of sp³-hybridized carbons (Fsp3) is 0.294. The molecule has 0 fully saturated rings. The highest BCUT2D eigenvalue weighted by Crippen LogP contribution is 2.22. The Hall–Kier alpha value is -2.76. The Bertz CT molecular complexity index is 711. The van der Waals surface area contributed by atoms with Gasteiger partial charge in [-0.05, 0) is 39.0 Å². The van der Waals surface area contributed by atoms with Crippen molar-refractivity contribution in [3.63, 3.8) is 0 Å². The molecule has 2 rings (SSSR count). The van der Waals surface area contributed by atoms with Crippen molar-refractivity contribution in [3.8, 4) is 5.75 Å². The number of carbonyl (C=O) groups excluding carboxylic acids is 2. The van der Waals surface area contributed by atoms with Gasteiger partial charge in [0.05, 0.1) is 18.5 Å². The monoisotopic (exact) mass is 314 g/mol. The molecule has 0 radical (unpaired) electrons. The minimum Gasteiger partial charge on any atom is -0.493 e. The number of nitrogens with zero attached hydrogens (tertiary/aromatic N) is 2. The number of ketones is 1. The van der Waals surface area contributed by atoms with Gasteiger partial charge in [-0.2, -0.15) is 0 Å². The van der Waals surface area contributed by atoms with Crippen LogP contribution in [0.1, 0.15) is 46.0 Å². The zero-order valence-corrected chi connectivity index (χ0v) is 13.3. The third kappa shape index (κ3) is 4.35. The Balaban J connectivity index is 2.14. The number of ether oxygens (including phenoxy) is 2. The Kier molecular flexibility index (Phi) is 5.41. The van der Waals surface area contributed by atoms with Crippen molar-refractivity contribution < 1.29 is 19.1 Å². The fourth-order valence-electron chi connectivity index (χ4n) is 1.92. The van der Waals surface area contributed by atoms with E-state index in [1.165, 1.54) is 19.3 Å². The van der Waals surface area contributed by atoms with Crippen molar-refractivity contribution in [2.75, 3.05) is 6.61 Å². The van der Waals surface area contributed by atoms with Gasteiger partial charge in [0.2, 0.25) is 0 Å². The summed E-state index contributed by atoms with van der Waals surface area (Å²) >= 11 is 0. The normalized spacial score (nSPS) is 10.2. The molecule has 0 aliphatic heterocycles. The molecule has 0 spiro atoms. The van der Waals surface area contributed by atoms with Gasteiger partial charge < -0.3 is 9.47 Å². The van der Waals surface area contributed by atoms with E-state index in [-0.39, 0.29) is 18.1 Å². The van der Waals surface area contributed by atoms with Crippen LogP contribution in [0.25, 0.3) is 0 Å². The third-order valence-corrected chi connectivity index (χ3v) is 3.12. The molecule has 0 amide bonds. The summed E-state index contributed by atoms with van der Waals surface area (Å²) in [6.07, 6.45) is 2.87. The first kappa shape index (κ1) is 16.6. The smallest absolute Gasteiger partial charge is 0.358 e. The highest BCUT2D eigenvalue weighted by atomic mass is 16.5. The topological polar surface area (TPSA) is 78.4 Å². The highest BCUT2D eigenvalue weighted by Gasteiger charge is 2.13. The molecule has 0 unspecified atom stereocenters. The first-order valence-electron chi connectivity index (χ1n) is 7.23. The van der Waals surface area contributed by atoms with E-state index in [9.17, 15) is 9.59 Å². The van der Waals surface area contributed by atoms with Crippen LogP contribution in [0.5, 0.6) is 5.75 Å². The summed E-state index contributed by atoms with van der Waals surface area (Å²) in [5.74, 6) is -0.0570. The Morgan fingerprint density at radius 1 is 1.17 bits per heavy atom. The van der Waals surface area contributed by atoms with E-state index in [2.05, 4.69) is 9.97 Å². The second kappa shape index (κ2) is 7.49. The van der Waals surface area contributed by atoms with Crippen LogP contribution >= 0.6 is 0 Å². The van der Waals surface area contributed by atoms with Crippen molar-refractivity contribution in [2.24, 2.45) is 0 Å². The minimum absolute atomic E-state index is 0.00908. The minimum atomic E-state index is -0.576. The van der Waals surface area contributed by atoms with Crippen LogP contribution in [-0.2, 0) is 11.3 Å². The maximum absolute atomic E-state index is 12.0. The van der Waals surface area contributed by atoms with Crippen LogP contribution in [0.2, 0.25) is 0 Å². The Morgan fingerprint density at radius 3 is 2.57 bits per heavy atom. The van der Waals surface area contributed by atoms with Gasteiger partial charge in [0, 0.05) is 17.3 Å². The largest absolute Gasteiger partial charge is 0.493 e. The predicted molar refractivity (Wildman–Crippen MR) is 83.5 cm³/mol. The second-order valence-electron chi connectivity index (χ2n) is 4.93. The molecule has 0 saturated carbocycles. The summed E-state index contributed by atoms with van der Waals surface area (Å²) in [7, 11) is 0. The van der Waals surface area contributed by atoms with Crippen molar-refractivity contribution in [3.05, 3.63) is 53.1 Å². The number of hydrogen-bond acceptors (Lipinski definition) is 6. The highest BCUT2D eigenvalue weighted by molar-refractivity contribution is 5.94. The van der Waals surface area contributed by atoms with Crippen LogP contribution in [0, 0.1) is 6.92 Å². The lowest BCUT2D eigenvalue weighted by molar-refractivity contribution is 0.0462. The first-order valence-corrected chi connectivity index (χ1v) is 7.23. The SMILES string of the molecule is CCOc1ccc(C(C)=O)cc1COC(=O)c1cnc(C)cn1. The van der Waals surface area contributed by atoms with Crippen LogP contribution < -0.4 is 4.74 Å². The predicted octanol–water partition coefficient (Wildman–Crippen LogP) is 2.74. The molecule has 0 aliphatic rings. The lowest BCUT2D eigenvalue weighted by atomic mass is 10.1. The molecule has 1 aromatic heterocycles. The molecular weight excluding hydrogens is 296 g/mol. The summed E-state index contributed by atoms with van der Waals surface area (Å²) in [4.78, 5) is 31.5. The van der Waals surface area contributed by atoms with Gasteiger partial charge in [0.25, 0.3) is 0 Å². The Morgan fingerprint density at radius 2 is 1.96 bits per heavy atom. The number of aryl methyl sites for hydroxylation is 1. The molecule has 0 aliphatic carbocycles. The quantitative estimate of drug-likeness (QED) is 0.602. The molecule has 120 valence electrons.